The number of halogens is 1. The van der Waals surface area contributed by atoms with Crippen LogP contribution in [0.2, 0.25) is 0 Å². The van der Waals surface area contributed by atoms with Gasteiger partial charge in [0.1, 0.15) is 5.83 Å². The minimum Gasteiger partial charge on any atom is -0.265 e. The van der Waals surface area contributed by atoms with E-state index in [0.717, 1.165) is 17.6 Å². The topological polar surface area (TPSA) is 12.4 Å². The van der Waals surface area contributed by atoms with Crippen molar-refractivity contribution >= 4 is 6.21 Å². The Morgan fingerprint density at radius 2 is 2.31 bits per heavy atom. The second-order valence-corrected chi connectivity index (χ2v) is 3.92. The molecule has 0 aromatic carbocycles. The van der Waals surface area contributed by atoms with Gasteiger partial charge in [0, 0.05) is 17.8 Å². The molecule has 0 aromatic rings. The third-order valence-corrected chi connectivity index (χ3v) is 2.72. The van der Waals surface area contributed by atoms with Gasteiger partial charge in [-0.25, -0.2) is 4.39 Å². The summed E-state index contributed by atoms with van der Waals surface area (Å²) in [5.41, 5.74) is 1.76. The molecule has 13 heavy (non-hydrogen) atoms. The van der Waals surface area contributed by atoms with Crippen molar-refractivity contribution in [2.24, 2.45) is 10.4 Å². The average Bonchev–Trinajstić information content (AvgIpc) is 2.07. The summed E-state index contributed by atoms with van der Waals surface area (Å²) in [6, 6.07) is 0. The largest absolute Gasteiger partial charge is 0.265 e. The highest BCUT2D eigenvalue weighted by Gasteiger charge is 2.31. The molecule has 2 rings (SSSR count). The molecule has 0 aromatic heterocycles. The molecule has 1 heterocycles. The fourth-order valence-corrected chi connectivity index (χ4v) is 1.83. The molecule has 1 aliphatic heterocycles. The standard InChI is InChI=1S/C11H12FN/c1-8-6-11(2)3-4-13-7-9(11)5-10(8)12/h3-5,7H,6H2,1-2H3. The normalized spacial score (nSPS) is 31.8. The molecule has 68 valence electrons. The second-order valence-electron chi connectivity index (χ2n) is 3.92. The number of allylic oxidation sites excluding steroid dienone is 5. The zero-order chi connectivity index (χ0) is 9.47. The van der Waals surface area contributed by atoms with Crippen LogP contribution in [0.1, 0.15) is 20.3 Å². The van der Waals surface area contributed by atoms with Crippen molar-refractivity contribution in [3.8, 4) is 0 Å². The summed E-state index contributed by atoms with van der Waals surface area (Å²) in [6.07, 6.45) is 7.91. The molecule has 2 heteroatoms. The fourth-order valence-electron chi connectivity index (χ4n) is 1.83. The van der Waals surface area contributed by atoms with Gasteiger partial charge in [0.05, 0.1) is 0 Å². The van der Waals surface area contributed by atoms with Crippen LogP contribution in [0.15, 0.2) is 40.3 Å². The Bertz CT molecular complexity index is 360. The van der Waals surface area contributed by atoms with Crippen LogP contribution in [0.25, 0.3) is 0 Å². The van der Waals surface area contributed by atoms with Crippen LogP contribution in [0.5, 0.6) is 0 Å². The number of fused-ring (bicyclic) bond motifs is 1. The minimum atomic E-state index is -0.103. The lowest BCUT2D eigenvalue weighted by molar-refractivity contribution is 0.491. The molecule has 0 N–H and O–H groups in total. The molecular formula is C11H12FN. The van der Waals surface area contributed by atoms with Crippen LogP contribution < -0.4 is 0 Å². The van der Waals surface area contributed by atoms with Crippen molar-refractivity contribution in [2.45, 2.75) is 20.3 Å². The molecule has 1 aliphatic carbocycles. The molecular weight excluding hydrogens is 165 g/mol. The Balaban J connectivity index is 2.48. The van der Waals surface area contributed by atoms with E-state index in [1.165, 1.54) is 0 Å². The highest BCUT2D eigenvalue weighted by Crippen LogP contribution is 2.41. The first-order valence-corrected chi connectivity index (χ1v) is 4.40. The predicted octanol–water partition coefficient (Wildman–Crippen LogP) is 3.16. The van der Waals surface area contributed by atoms with Crippen molar-refractivity contribution in [2.75, 3.05) is 0 Å². The lowest BCUT2D eigenvalue weighted by atomic mass is 9.73. The molecule has 0 amide bonds. The Hall–Kier alpha value is -1.18. The molecule has 0 fully saturated rings. The lowest BCUT2D eigenvalue weighted by Gasteiger charge is -2.32. The van der Waals surface area contributed by atoms with E-state index in [-0.39, 0.29) is 11.2 Å². The molecule has 1 nitrogen and oxygen atoms in total. The van der Waals surface area contributed by atoms with Crippen molar-refractivity contribution in [1.82, 2.24) is 0 Å². The van der Waals surface area contributed by atoms with Gasteiger partial charge in [0.25, 0.3) is 0 Å². The van der Waals surface area contributed by atoms with E-state index in [1.54, 1.807) is 18.5 Å². The van der Waals surface area contributed by atoms with Gasteiger partial charge in [-0.2, -0.15) is 0 Å². The molecule has 0 radical (unpaired) electrons. The smallest absolute Gasteiger partial charge is 0.122 e. The van der Waals surface area contributed by atoms with Gasteiger partial charge in [-0.3, -0.25) is 4.99 Å². The van der Waals surface area contributed by atoms with E-state index in [2.05, 4.69) is 11.9 Å². The molecule has 1 atom stereocenters. The van der Waals surface area contributed by atoms with Gasteiger partial charge in [-0.1, -0.05) is 13.0 Å². The van der Waals surface area contributed by atoms with Crippen molar-refractivity contribution in [3.63, 3.8) is 0 Å². The van der Waals surface area contributed by atoms with E-state index >= 15 is 0 Å². The van der Waals surface area contributed by atoms with Gasteiger partial charge in [0.15, 0.2) is 0 Å². The number of nitrogens with zero attached hydrogens (tertiary/aromatic N) is 1. The number of hydrogen-bond donors (Lipinski definition) is 0. The first-order valence-electron chi connectivity index (χ1n) is 4.40. The maximum absolute atomic E-state index is 13.2. The maximum Gasteiger partial charge on any atom is 0.122 e. The Morgan fingerprint density at radius 3 is 3.08 bits per heavy atom. The molecule has 1 unspecified atom stereocenters. The maximum atomic E-state index is 13.2. The summed E-state index contributed by atoms with van der Waals surface area (Å²) >= 11 is 0. The van der Waals surface area contributed by atoms with Gasteiger partial charge in [-0.05, 0) is 30.6 Å². The lowest BCUT2D eigenvalue weighted by Crippen LogP contribution is -2.22. The number of rotatable bonds is 0. The fraction of sp³-hybridized carbons (Fsp3) is 0.364. The number of hydrogen-bond acceptors (Lipinski definition) is 1. The number of aliphatic imine (C=N–C) groups is 1. The van der Waals surface area contributed by atoms with Crippen LogP contribution in [-0.4, -0.2) is 6.21 Å². The monoisotopic (exact) mass is 177 g/mol. The van der Waals surface area contributed by atoms with Crippen LogP contribution >= 0.6 is 0 Å². The molecule has 0 saturated carbocycles. The summed E-state index contributed by atoms with van der Waals surface area (Å²) < 4.78 is 13.2. The first-order chi connectivity index (χ1) is 6.12. The van der Waals surface area contributed by atoms with Crippen LogP contribution in [-0.2, 0) is 0 Å². The van der Waals surface area contributed by atoms with Gasteiger partial charge in [0.2, 0.25) is 0 Å². The van der Waals surface area contributed by atoms with E-state index < -0.39 is 0 Å². The first kappa shape index (κ1) is 8.42. The molecule has 0 spiro atoms. The summed E-state index contributed by atoms with van der Waals surface area (Å²) in [5, 5.41) is 0. The highest BCUT2D eigenvalue weighted by atomic mass is 19.1. The third-order valence-electron chi connectivity index (χ3n) is 2.72. The summed E-state index contributed by atoms with van der Waals surface area (Å²) in [7, 11) is 0. The zero-order valence-corrected chi connectivity index (χ0v) is 7.84. The van der Waals surface area contributed by atoms with E-state index in [0.29, 0.717) is 0 Å². The van der Waals surface area contributed by atoms with Crippen molar-refractivity contribution < 1.29 is 4.39 Å². The molecule has 0 bridgehead atoms. The SMILES string of the molecule is CC1=C(F)C=C2C=NC=CC2(C)C1. The van der Waals surface area contributed by atoms with Gasteiger partial charge in [-0.15, -0.1) is 0 Å². The van der Waals surface area contributed by atoms with Crippen LogP contribution in [0.4, 0.5) is 4.39 Å². The Labute approximate surface area is 77.4 Å². The van der Waals surface area contributed by atoms with E-state index in [9.17, 15) is 4.39 Å². The summed E-state index contributed by atoms with van der Waals surface area (Å²) in [4.78, 5) is 4.00. The van der Waals surface area contributed by atoms with Gasteiger partial charge < -0.3 is 0 Å². The van der Waals surface area contributed by atoms with Crippen LogP contribution in [0, 0.1) is 5.41 Å². The van der Waals surface area contributed by atoms with Crippen LogP contribution in [0.3, 0.4) is 0 Å². The van der Waals surface area contributed by atoms with E-state index in [4.69, 9.17) is 0 Å². The highest BCUT2D eigenvalue weighted by molar-refractivity contribution is 5.84. The summed E-state index contributed by atoms with van der Waals surface area (Å²) in [6.45, 7) is 3.95. The average molecular weight is 177 g/mol. The minimum absolute atomic E-state index is 0.0403. The van der Waals surface area contributed by atoms with Gasteiger partial charge >= 0.3 is 0 Å². The van der Waals surface area contributed by atoms with Crippen molar-refractivity contribution in [3.05, 3.63) is 35.3 Å². The predicted molar refractivity (Wildman–Crippen MR) is 52.2 cm³/mol. The van der Waals surface area contributed by atoms with Crippen molar-refractivity contribution in [1.29, 1.82) is 0 Å². The molecule has 0 saturated heterocycles. The third kappa shape index (κ3) is 1.26. The molecule has 2 aliphatic rings. The Kier molecular flexibility index (Phi) is 1.72. The summed E-state index contributed by atoms with van der Waals surface area (Å²) in [5.74, 6) is -0.103. The zero-order valence-electron chi connectivity index (χ0n) is 7.84. The quantitative estimate of drug-likeness (QED) is 0.539. The van der Waals surface area contributed by atoms with E-state index in [1.807, 2.05) is 13.0 Å². The Morgan fingerprint density at radius 1 is 1.54 bits per heavy atom. The second kappa shape index (κ2) is 2.66.